The van der Waals surface area contributed by atoms with Gasteiger partial charge in [0.25, 0.3) is 0 Å². The van der Waals surface area contributed by atoms with Crippen LogP contribution in [0.3, 0.4) is 0 Å². The first-order chi connectivity index (χ1) is 6.74. The van der Waals surface area contributed by atoms with Gasteiger partial charge in [0.05, 0.1) is 13.2 Å². The minimum Gasteiger partial charge on any atom is -0.385 e. The molecule has 1 unspecified atom stereocenters. The van der Waals surface area contributed by atoms with E-state index in [1.54, 1.807) is 0 Å². The molecule has 1 rings (SSSR count). The van der Waals surface area contributed by atoms with Gasteiger partial charge in [-0.3, -0.25) is 10.3 Å². The van der Waals surface area contributed by atoms with Crippen molar-refractivity contribution in [3.05, 3.63) is 0 Å². The van der Waals surface area contributed by atoms with Crippen LogP contribution in [0.1, 0.15) is 6.92 Å². The number of morpholine rings is 1. The van der Waals surface area contributed by atoms with Gasteiger partial charge in [0, 0.05) is 26.2 Å². The molecule has 82 valence electrons. The second-order valence-corrected chi connectivity index (χ2v) is 3.31. The maximum absolute atomic E-state index is 7.29. The van der Waals surface area contributed by atoms with Gasteiger partial charge in [0.2, 0.25) is 0 Å². The number of nitrogens with one attached hydrogen (secondary N) is 1. The van der Waals surface area contributed by atoms with Crippen molar-refractivity contribution in [2.45, 2.75) is 13.0 Å². The molecule has 3 N–H and O–H groups in total. The minimum absolute atomic E-state index is 0.117. The zero-order chi connectivity index (χ0) is 10.4. The molecule has 0 amide bonds. The summed E-state index contributed by atoms with van der Waals surface area (Å²) in [5.74, 6) is 0.117. The van der Waals surface area contributed by atoms with E-state index in [1.807, 2.05) is 6.92 Å². The highest BCUT2D eigenvalue weighted by atomic mass is 16.5. The lowest BCUT2D eigenvalue weighted by Gasteiger charge is -2.31. The maximum atomic E-state index is 7.29. The van der Waals surface area contributed by atoms with Crippen molar-refractivity contribution in [1.82, 2.24) is 4.90 Å². The lowest BCUT2D eigenvalue weighted by molar-refractivity contribution is -0.00522. The standard InChI is InChI=1S/C9H19N3O2/c1-2-13-5-3-12-4-6-14-8(7-12)9(10)11/h8H,2-7H2,1H3,(H3,10,11). The van der Waals surface area contributed by atoms with Crippen LogP contribution in [0.5, 0.6) is 0 Å². The van der Waals surface area contributed by atoms with Crippen molar-refractivity contribution in [2.24, 2.45) is 5.73 Å². The van der Waals surface area contributed by atoms with Gasteiger partial charge < -0.3 is 15.2 Å². The minimum atomic E-state index is -0.231. The zero-order valence-electron chi connectivity index (χ0n) is 8.66. The van der Waals surface area contributed by atoms with Crippen molar-refractivity contribution >= 4 is 5.84 Å². The van der Waals surface area contributed by atoms with Gasteiger partial charge in [-0.05, 0) is 6.92 Å². The summed E-state index contributed by atoms with van der Waals surface area (Å²) in [6.45, 7) is 6.62. The molecular formula is C9H19N3O2. The van der Waals surface area contributed by atoms with E-state index in [1.165, 1.54) is 0 Å². The third-order valence-corrected chi connectivity index (χ3v) is 2.25. The number of amidine groups is 1. The Hall–Kier alpha value is -0.650. The Kier molecular flexibility index (Phi) is 4.86. The van der Waals surface area contributed by atoms with Gasteiger partial charge in [-0.2, -0.15) is 0 Å². The summed E-state index contributed by atoms with van der Waals surface area (Å²) in [4.78, 5) is 2.21. The number of nitrogens with zero attached hydrogens (tertiary/aromatic N) is 1. The summed E-state index contributed by atoms with van der Waals surface area (Å²) in [5, 5.41) is 7.29. The number of rotatable bonds is 5. The summed E-state index contributed by atoms with van der Waals surface area (Å²) in [6.07, 6.45) is -0.231. The van der Waals surface area contributed by atoms with Crippen molar-refractivity contribution in [3.8, 4) is 0 Å². The Morgan fingerprint density at radius 2 is 2.50 bits per heavy atom. The van der Waals surface area contributed by atoms with E-state index in [0.717, 1.165) is 26.3 Å². The summed E-state index contributed by atoms with van der Waals surface area (Å²) in [7, 11) is 0. The zero-order valence-corrected chi connectivity index (χ0v) is 8.66. The molecule has 5 heteroatoms. The topological polar surface area (TPSA) is 71.6 Å². The molecule has 5 nitrogen and oxygen atoms in total. The molecule has 0 saturated carbocycles. The third-order valence-electron chi connectivity index (χ3n) is 2.25. The SMILES string of the molecule is CCOCCN1CCOC(C(=N)N)C1. The fourth-order valence-corrected chi connectivity index (χ4v) is 1.43. The van der Waals surface area contributed by atoms with E-state index in [0.29, 0.717) is 13.2 Å². The molecule has 0 spiro atoms. The van der Waals surface area contributed by atoms with Crippen LogP contribution in [0, 0.1) is 5.41 Å². The number of hydrogen-bond donors (Lipinski definition) is 2. The molecule has 14 heavy (non-hydrogen) atoms. The first-order valence-electron chi connectivity index (χ1n) is 4.99. The van der Waals surface area contributed by atoms with Crippen LogP contribution in [-0.4, -0.2) is 56.3 Å². The first kappa shape index (κ1) is 11.4. The normalized spacial score (nSPS) is 23.6. The number of hydrogen-bond acceptors (Lipinski definition) is 4. The first-order valence-corrected chi connectivity index (χ1v) is 4.99. The predicted octanol–water partition coefficient (Wildman–Crippen LogP) is -0.340. The van der Waals surface area contributed by atoms with Crippen LogP contribution >= 0.6 is 0 Å². The number of ether oxygens (including phenoxy) is 2. The molecule has 1 fully saturated rings. The van der Waals surface area contributed by atoms with Crippen LogP contribution in [0.2, 0.25) is 0 Å². The van der Waals surface area contributed by atoms with E-state index in [4.69, 9.17) is 20.6 Å². The van der Waals surface area contributed by atoms with Gasteiger partial charge in [-0.25, -0.2) is 0 Å². The van der Waals surface area contributed by atoms with Crippen molar-refractivity contribution in [3.63, 3.8) is 0 Å². The molecule has 1 aliphatic heterocycles. The second-order valence-electron chi connectivity index (χ2n) is 3.31. The largest absolute Gasteiger partial charge is 0.385 e. The lowest BCUT2D eigenvalue weighted by atomic mass is 10.2. The summed E-state index contributed by atoms with van der Waals surface area (Å²) in [5.41, 5.74) is 5.38. The van der Waals surface area contributed by atoms with E-state index in [9.17, 15) is 0 Å². The average Bonchev–Trinajstić information content (AvgIpc) is 2.19. The molecule has 1 heterocycles. The van der Waals surface area contributed by atoms with Gasteiger partial charge in [-0.15, -0.1) is 0 Å². The quantitative estimate of drug-likeness (QED) is 0.362. The number of nitrogens with two attached hydrogens (primary N) is 1. The average molecular weight is 201 g/mol. The van der Waals surface area contributed by atoms with E-state index < -0.39 is 0 Å². The molecule has 1 aliphatic rings. The Labute approximate surface area is 84.7 Å². The van der Waals surface area contributed by atoms with Crippen LogP contribution in [0.4, 0.5) is 0 Å². The maximum Gasteiger partial charge on any atom is 0.127 e. The van der Waals surface area contributed by atoms with Gasteiger partial charge in [0.1, 0.15) is 11.9 Å². The monoisotopic (exact) mass is 201 g/mol. The molecular weight excluding hydrogens is 182 g/mol. The van der Waals surface area contributed by atoms with Crippen LogP contribution in [0.25, 0.3) is 0 Å². The van der Waals surface area contributed by atoms with Crippen molar-refractivity contribution in [2.75, 3.05) is 39.5 Å². The molecule has 0 radical (unpaired) electrons. The van der Waals surface area contributed by atoms with Crippen molar-refractivity contribution in [1.29, 1.82) is 5.41 Å². The van der Waals surface area contributed by atoms with Crippen LogP contribution < -0.4 is 5.73 Å². The van der Waals surface area contributed by atoms with E-state index in [-0.39, 0.29) is 11.9 Å². The van der Waals surface area contributed by atoms with Gasteiger partial charge >= 0.3 is 0 Å². The second kappa shape index (κ2) is 5.95. The smallest absolute Gasteiger partial charge is 0.127 e. The Morgan fingerprint density at radius 3 is 3.14 bits per heavy atom. The van der Waals surface area contributed by atoms with Gasteiger partial charge in [0.15, 0.2) is 0 Å². The Bertz CT molecular complexity index is 187. The van der Waals surface area contributed by atoms with Gasteiger partial charge in [-0.1, -0.05) is 0 Å². The van der Waals surface area contributed by atoms with E-state index in [2.05, 4.69) is 4.90 Å². The highest BCUT2D eigenvalue weighted by Crippen LogP contribution is 2.04. The molecule has 1 atom stereocenters. The fourth-order valence-electron chi connectivity index (χ4n) is 1.43. The molecule has 1 saturated heterocycles. The molecule has 0 aromatic carbocycles. The molecule has 0 aromatic heterocycles. The van der Waals surface area contributed by atoms with Crippen LogP contribution in [0.15, 0.2) is 0 Å². The molecule has 0 aromatic rings. The summed E-state index contributed by atoms with van der Waals surface area (Å²) in [6, 6.07) is 0. The lowest BCUT2D eigenvalue weighted by Crippen LogP contribution is -2.48. The highest BCUT2D eigenvalue weighted by Gasteiger charge is 2.21. The third kappa shape index (κ3) is 3.61. The Balaban J connectivity index is 2.22. The van der Waals surface area contributed by atoms with Crippen molar-refractivity contribution < 1.29 is 9.47 Å². The molecule has 0 aliphatic carbocycles. The predicted molar refractivity (Wildman–Crippen MR) is 54.6 cm³/mol. The summed E-state index contributed by atoms with van der Waals surface area (Å²) >= 11 is 0. The van der Waals surface area contributed by atoms with E-state index >= 15 is 0 Å². The highest BCUT2D eigenvalue weighted by molar-refractivity contribution is 5.82. The fraction of sp³-hybridized carbons (Fsp3) is 0.889. The Morgan fingerprint density at radius 1 is 1.71 bits per heavy atom. The van der Waals surface area contributed by atoms with Crippen LogP contribution in [-0.2, 0) is 9.47 Å². The summed E-state index contributed by atoms with van der Waals surface area (Å²) < 4.78 is 10.6. The molecule has 0 bridgehead atoms.